The number of hydrogen-bond donors (Lipinski definition) is 1. The number of nitrogens with zero attached hydrogens (tertiary/aromatic N) is 2. The van der Waals surface area contributed by atoms with E-state index in [9.17, 15) is 14.9 Å². The van der Waals surface area contributed by atoms with Crippen LogP contribution in [0.4, 0.5) is 5.69 Å². The first-order valence-electron chi connectivity index (χ1n) is 6.17. The SMILES string of the molecule is CC(c1cccc([N+](=O)[O-])c1)N1CC(CC(=O)O)C1. The van der Waals surface area contributed by atoms with Crippen molar-refractivity contribution in [3.05, 3.63) is 39.9 Å². The lowest BCUT2D eigenvalue weighted by Crippen LogP contribution is -2.48. The van der Waals surface area contributed by atoms with Gasteiger partial charge in [0.1, 0.15) is 0 Å². The largest absolute Gasteiger partial charge is 0.481 e. The maximum absolute atomic E-state index is 10.7. The Labute approximate surface area is 110 Å². The quantitative estimate of drug-likeness (QED) is 0.650. The first kappa shape index (κ1) is 13.5. The summed E-state index contributed by atoms with van der Waals surface area (Å²) in [5.74, 6) is -0.577. The Morgan fingerprint density at radius 1 is 1.58 bits per heavy atom. The number of carboxylic acid groups (broad SMARTS) is 1. The number of non-ortho nitro benzene ring substituents is 1. The van der Waals surface area contributed by atoms with Gasteiger partial charge in [-0.1, -0.05) is 12.1 Å². The number of likely N-dealkylation sites (tertiary alicyclic amines) is 1. The van der Waals surface area contributed by atoms with Crippen LogP contribution >= 0.6 is 0 Å². The lowest BCUT2D eigenvalue weighted by atomic mass is 9.92. The van der Waals surface area contributed by atoms with Crippen molar-refractivity contribution in [3.63, 3.8) is 0 Å². The van der Waals surface area contributed by atoms with Crippen LogP contribution in [0.25, 0.3) is 0 Å². The van der Waals surface area contributed by atoms with Gasteiger partial charge >= 0.3 is 5.97 Å². The number of carbonyl (C=O) groups is 1. The Morgan fingerprint density at radius 2 is 2.26 bits per heavy atom. The summed E-state index contributed by atoms with van der Waals surface area (Å²) in [6.45, 7) is 3.45. The van der Waals surface area contributed by atoms with Crippen molar-refractivity contribution in [3.8, 4) is 0 Å². The third-order valence-corrected chi connectivity index (χ3v) is 3.56. The molecule has 6 heteroatoms. The van der Waals surface area contributed by atoms with Gasteiger partial charge in [-0.25, -0.2) is 0 Å². The fourth-order valence-corrected chi connectivity index (χ4v) is 2.41. The molecule has 102 valence electrons. The summed E-state index contributed by atoms with van der Waals surface area (Å²) < 4.78 is 0. The summed E-state index contributed by atoms with van der Waals surface area (Å²) in [5, 5.41) is 19.4. The normalized spacial score (nSPS) is 17.7. The smallest absolute Gasteiger partial charge is 0.303 e. The number of carboxylic acids is 1. The summed E-state index contributed by atoms with van der Waals surface area (Å²) in [6.07, 6.45) is 0.193. The lowest BCUT2D eigenvalue weighted by Gasteiger charge is -2.42. The van der Waals surface area contributed by atoms with Crippen LogP contribution in [0.2, 0.25) is 0 Å². The molecule has 6 nitrogen and oxygen atoms in total. The summed E-state index contributed by atoms with van der Waals surface area (Å²) >= 11 is 0. The molecule has 1 aliphatic rings. The Balaban J connectivity index is 1.98. The van der Waals surface area contributed by atoms with E-state index in [0.29, 0.717) is 0 Å². The minimum Gasteiger partial charge on any atom is -0.481 e. The number of nitro benzene ring substituents is 1. The van der Waals surface area contributed by atoms with Crippen LogP contribution in [0.15, 0.2) is 24.3 Å². The average Bonchev–Trinajstić information content (AvgIpc) is 2.32. The molecule has 2 rings (SSSR count). The Hall–Kier alpha value is -1.95. The number of hydrogen-bond acceptors (Lipinski definition) is 4. The molecule has 0 bridgehead atoms. The third kappa shape index (κ3) is 3.08. The van der Waals surface area contributed by atoms with Crippen molar-refractivity contribution >= 4 is 11.7 Å². The van der Waals surface area contributed by atoms with E-state index in [2.05, 4.69) is 4.90 Å². The van der Waals surface area contributed by atoms with Gasteiger partial charge in [0.25, 0.3) is 5.69 Å². The van der Waals surface area contributed by atoms with Crippen molar-refractivity contribution in [2.24, 2.45) is 5.92 Å². The third-order valence-electron chi connectivity index (χ3n) is 3.56. The minimum atomic E-state index is -0.771. The molecule has 1 unspecified atom stereocenters. The molecule has 1 saturated heterocycles. The van der Waals surface area contributed by atoms with Gasteiger partial charge in [0, 0.05) is 31.3 Å². The van der Waals surface area contributed by atoms with Gasteiger partial charge in [0.2, 0.25) is 0 Å². The van der Waals surface area contributed by atoms with Crippen LogP contribution in [-0.4, -0.2) is 34.0 Å². The van der Waals surface area contributed by atoms with Crippen LogP contribution in [-0.2, 0) is 4.79 Å². The number of aliphatic carboxylic acids is 1. The van der Waals surface area contributed by atoms with E-state index in [-0.39, 0.29) is 24.1 Å². The molecule has 19 heavy (non-hydrogen) atoms. The van der Waals surface area contributed by atoms with Gasteiger partial charge in [-0.3, -0.25) is 19.8 Å². The maximum atomic E-state index is 10.7. The minimum absolute atomic E-state index is 0.0740. The molecule has 1 aromatic rings. The molecule has 0 spiro atoms. The van der Waals surface area contributed by atoms with Gasteiger partial charge in [0.05, 0.1) is 11.3 Å². The molecular weight excluding hydrogens is 248 g/mol. The number of rotatable bonds is 5. The van der Waals surface area contributed by atoms with E-state index in [1.807, 2.05) is 13.0 Å². The van der Waals surface area contributed by atoms with E-state index in [1.165, 1.54) is 6.07 Å². The van der Waals surface area contributed by atoms with Crippen LogP contribution < -0.4 is 0 Å². The fourth-order valence-electron chi connectivity index (χ4n) is 2.41. The van der Waals surface area contributed by atoms with Gasteiger partial charge in [-0.2, -0.15) is 0 Å². The molecule has 1 N–H and O–H groups in total. The van der Waals surface area contributed by atoms with Crippen molar-refractivity contribution in [2.75, 3.05) is 13.1 Å². The molecule has 1 heterocycles. The molecular formula is C13H16N2O4. The molecule has 0 aromatic heterocycles. The Kier molecular flexibility index (Phi) is 3.80. The molecule has 1 fully saturated rings. The second-order valence-corrected chi connectivity index (χ2v) is 4.95. The topological polar surface area (TPSA) is 83.7 Å². The highest BCUT2D eigenvalue weighted by molar-refractivity contribution is 5.67. The van der Waals surface area contributed by atoms with Crippen molar-refractivity contribution < 1.29 is 14.8 Å². The summed E-state index contributed by atoms with van der Waals surface area (Å²) in [6, 6.07) is 6.67. The van der Waals surface area contributed by atoms with Gasteiger partial charge < -0.3 is 5.11 Å². The molecule has 1 aliphatic heterocycles. The van der Waals surface area contributed by atoms with Gasteiger partial charge in [0.15, 0.2) is 0 Å². The van der Waals surface area contributed by atoms with E-state index in [0.717, 1.165) is 18.7 Å². The Morgan fingerprint density at radius 3 is 2.84 bits per heavy atom. The van der Waals surface area contributed by atoms with Crippen molar-refractivity contribution in [2.45, 2.75) is 19.4 Å². The zero-order chi connectivity index (χ0) is 14.0. The molecule has 0 saturated carbocycles. The highest BCUT2D eigenvalue weighted by Gasteiger charge is 2.32. The second-order valence-electron chi connectivity index (χ2n) is 4.95. The zero-order valence-electron chi connectivity index (χ0n) is 10.7. The van der Waals surface area contributed by atoms with Crippen molar-refractivity contribution in [1.82, 2.24) is 4.90 Å². The first-order chi connectivity index (χ1) is 8.97. The fraction of sp³-hybridized carbons (Fsp3) is 0.462. The standard InChI is InChI=1S/C13H16N2O4/c1-9(14-7-10(8-14)5-13(16)17)11-3-2-4-12(6-11)15(18)19/h2-4,6,9-10H,5,7-8H2,1H3,(H,16,17). The molecule has 1 atom stereocenters. The van der Waals surface area contributed by atoms with Crippen LogP contribution in [0.1, 0.15) is 24.9 Å². The van der Waals surface area contributed by atoms with Gasteiger partial charge in [-0.05, 0) is 18.4 Å². The van der Waals surface area contributed by atoms with Crippen LogP contribution in [0.3, 0.4) is 0 Å². The van der Waals surface area contributed by atoms with E-state index >= 15 is 0 Å². The predicted octanol–water partition coefficient (Wildman–Crippen LogP) is 2.06. The van der Waals surface area contributed by atoms with Crippen LogP contribution in [0.5, 0.6) is 0 Å². The maximum Gasteiger partial charge on any atom is 0.303 e. The van der Waals surface area contributed by atoms with Crippen molar-refractivity contribution in [1.29, 1.82) is 0 Å². The summed E-state index contributed by atoms with van der Waals surface area (Å²) in [7, 11) is 0. The lowest BCUT2D eigenvalue weighted by molar-refractivity contribution is -0.385. The summed E-state index contributed by atoms with van der Waals surface area (Å²) in [4.78, 5) is 23.0. The first-order valence-corrected chi connectivity index (χ1v) is 6.17. The number of nitro groups is 1. The Bertz CT molecular complexity index is 497. The van der Waals surface area contributed by atoms with E-state index < -0.39 is 10.9 Å². The molecule has 0 amide bonds. The van der Waals surface area contributed by atoms with E-state index in [4.69, 9.17) is 5.11 Å². The summed E-state index contributed by atoms with van der Waals surface area (Å²) in [5.41, 5.74) is 0.981. The monoisotopic (exact) mass is 264 g/mol. The molecule has 0 aliphatic carbocycles. The zero-order valence-corrected chi connectivity index (χ0v) is 10.7. The second kappa shape index (κ2) is 5.36. The molecule has 1 aromatic carbocycles. The highest BCUT2D eigenvalue weighted by atomic mass is 16.6. The average molecular weight is 264 g/mol. The predicted molar refractivity (Wildman–Crippen MR) is 68.8 cm³/mol. The number of benzene rings is 1. The van der Waals surface area contributed by atoms with Crippen LogP contribution in [0, 0.1) is 16.0 Å². The highest BCUT2D eigenvalue weighted by Crippen LogP contribution is 2.31. The van der Waals surface area contributed by atoms with Gasteiger partial charge in [-0.15, -0.1) is 0 Å². The van der Waals surface area contributed by atoms with E-state index in [1.54, 1.807) is 12.1 Å². The molecule has 0 radical (unpaired) electrons.